The summed E-state index contributed by atoms with van der Waals surface area (Å²) < 4.78 is 11.4. The molecule has 4 N–H and O–H groups in total. The van der Waals surface area contributed by atoms with E-state index in [1.54, 1.807) is 7.11 Å². The molecule has 3 heterocycles. The van der Waals surface area contributed by atoms with Gasteiger partial charge in [-0.15, -0.1) is 0 Å². The summed E-state index contributed by atoms with van der Waals surface area (Å²) in [4.78, 5) is 26.0. The van der Waals surface area contributed by atoms with Crippen molar-refractivity contribution in [1.82, 2.24) is 14.9 Å². The van der Waals surface area contributed by atoms with Gasteiger partial charge in [0, 0.05) is 81.0 Å². The first-order chi connectivity index (χ1) is 20.0. The quantitative estimate of drug-likeness (QED) is 0.217. The van der Waals surface area contributed by atoms with Crippen LogP contribution in [-0.4, -0.2) is 86.6 Å². The fraction of sp³-hybridized carbons (Fsp3) is 0.333. The van der Waals surface area contributed by atoms with Crippen molar-refractivity contribution in [3.05, 3.63) is 60.9 Å². The molecule has 2 fully saturated rings. The third kappa shape index (κ3) is 6.31. The number of benzene rings is 2. The van der Waals surface area contributed by atoms with Gasteiger partial charge in [-0.2, -0.15) is 0 Å². The van der Waals surface area contributed by atoms with Crippen LogP contribution in [-0.2, 0) is 9.53 Å². The lowest BCUT2D eigenvalue weighted by atomic mass is 10.1. The standard InChI is InChI=1S/C30H36N8O3/c1-4-30(39)36-25-14-26(28(40-3)16-27(25)38-10-8-37(9-11-38)22-7-12-41-18-22)35-29-15-24(33-19-34-29)20-5-6-21(17-31)23(13-20)32-2/h4-6,13-17,19,22,31-32H,1,7-12,18H2,2-3H3,(H,36,39)(H,33,34,35). The molecule has 0 aliphatic carbocycles. The zero-order chi connectivity index (χ0) is 28.8. The molecule has 11 nitrogen and oxygen atoms in total. The molecule has 214 valence electrons. The Morgan fingerprint density at radius 1 is 1.12 bits per heavy atom. The number of piperazine rings is 1. The molecule has 41 heavy (non-hydrogen) atoms. The SMILES string of the molecule is C=CC(=O)Nc1cc(Nc2cc(-c3ccc(C=N)c(NC)c3)ncn2)c(OC)cc1N1CCN(C2CCOC2)CC1. The summed E-state index contributed by atoms with van der Waals surface area (Å²) in [6.07, 6.45) is 5.15. The maximum Gasteiger partial charge on any atom is 0.247 e. The van der Waals surface area contributed by atoms with Gasteiger partial charge in [0.15, 0.2) is 0 Å². The van der Waals surface area contributed by atoms with Crippen molar-refractivity contribution >= 4 is 40.7 Å². The van der Waals surface area contributed by atoms with Gasteiger partial charge in [-0.1, -0.05) is 18.7 Å². The van der Waals surface area contributed by atoms with Crippen molar-refractivity contribution in [3.8, 4) is 17.0 Å². The molecule has 0 radical (unpaired) electrons. The van der Waals surface area contributed by atoms with E-state index in [-0.39, 0.29) is 5.91 Å². The zero-order valence-corrected chi connectivity index (χ0v) is 23.4. The Bertz CT molecular complexity index is 1410. The van der Waals surface area contributed by atoms with Gasteiger partial charge < -0.3 is 35.7 Å². The number of anilines is 5. The van der Waals surface area contributed by atoms with E-state index >= 15 is 0 Å². The summed E-state index contributed by atoms with van der Waals surface area (Å²) in [5.41, 5.74) is 5.42. The second-order valence-corrected chi connectivity index (χ2v) is 9.91. The largest absolute Gasteiger partial charge is 0.494 e. The minimum atomic E-state index is -0.290. The Balaban J connectivity index is 1.42. The molecule has 5 rings (SSSR count). The van der Waals surface area contributed by atoms with Crippen LogP contribution in [0.25, 0.3) is 11.3 Å². The first-order valence-corrected chi connectivity index (χ1v) is 13.7. The average molecular weight is 557 g/mol. The number of amides is 1. The summed E-state index contributed by atoms with van der Waals surface area (Å²) in [5.74, 6) is 0.898. The molecule has 1 aromatic heterocycles. The lowest BCUT2D eigenvalue weighted by Gasteiger charge is -2.39. The first-order valence-electron chi connectivity index (χ1n) is 13.7. The summed E-state index contributed by atoms with van der Waals surface area (Å²) in [5, 5.41) is 17.0. The predicted octanol–water partition coefficient (Wildman–Crippen LogP) is 3.97. The van der Waals surface area contributed by atoms with Gasteiger partial charge in [0.1, 0.15) is 17.9 Å². The topological polar surface area (TPSA) is 128 Å². The van der Waals surface area contributed by atoms with Gasteiger partial charge in [-0.25, -0.2) is 9.97 Å². The number of nitrogens with zero attached hydrogens (tertiary/aromatic N) is 4. The van der Waals surface area contributed by atoms with Crippen molar-refractivity contribution in [1.29, 1.82) is 5.41 Å². The normalized spacial score (nSPS) is 17.1. The highest BCUT2D eigenvalue weighted by atomic mass is 16.5. The number of aromatic nitrogens is 2. The number of carbonyl (C=O) groups is 1. The lowest BCUT2D eigenvalue weighted by molar-refractivity contribution is -0.111. The maximum absolute atomic E-state index is 12.4. The van der Waals surface area contributed by atoms with Crippen molar-refractivity contribution in [2.75, 3.05) is 74.4 Å². The fourth-order valence-corrected chi connectivity index (χ4v) is 5.30. The molecular weight excluding hydrogens is 520 g/mol. The van der Waals surface area contributed by atoms with Crippen LogP contribution >= 0.6 is 0 Å². The minimum Gasteiger partial charge on any atom is -0.494 e. The molecule has 2 aliphatic rings. The van der Waals surface area contributed by atoms with Crippen molar-refractivity contribution in [3.63, 3.8) is 0 Å². The number of ether oxygens (including phenoxy) is 2. The summed E-state index contributed by atoms with van der Waals surface area (Å²) in [7, 11) is 3.45. The molecule has 1 amide bonds. The van der Waals surface area contributed by atoms with Crippen molar-refractivity contribution < 1.29 is 14.3 Å². The molecule has 3 aromatic rings. The van der Waals surface area contributed by atoms with E-state index in [0.29, 0.717) is 29.0 Å². The van der Waals surface area contributed by atoms with Crippen LogP contribution in [0, 0.1) is 5.41 Å². The second kappa shape index (κ2) is 12.8. The van der Waals surface area contributed by atoms with Crippen LogP contribution in [0.15, 0.2) is 55.4 Å². The molecule has 1 atom stereocenters. The molecule has 0 saturated carbocycles. The van der Waals surface area contributed by atoms with Crippen LogP contribution in [0.3, 0.4) is 0 Å². The van der Waals surface area contributed by atoms with Crippen molar-refractivity contribution in [2.24, 2.45) is 0 Å². The molecule has 2 aliphatic heterocycles. The zero-order valence-electron chi connectivity index (χ0n) is 23.4. The molecule has 2 saturated heterocycles. The smallest absolute Gasteiger partial charge is 0.247 e. The van der Waals surface area contributed by atoms with Gasteiger partial charge in [0.2, 0.25) is 5.91 Å². The van der Waals surface area contributed by atoms with Crippen LogP contribution in [0.1, 0.15) is 12.0 Å². The highest BCUT2D eigenvalue weighted by Crippen LogP contribution is 2.39. The minimum absolute atomic E-state index is 0.290. The van der Waals surface area contributed by atoms with E-state index in [1.807, 2.05) is 43.4 Å². The third-order valence-electron chi connectivity index (χ3n) is 7.54. The predicted molar refractivity (Wildman–Crippen MR) is 163 cm³/mol. The van der Waals surface area contributed by atoms with E-state index in [2.05, 4.69) is 42.3 Å². The number of carbonyl (C=O) groups excluding carboxylic acids is 1. The van der Waals surface area contributed by atoms with Crippen LogP contribution in [0.5, 0.6) is 5.75 Å². The average Bonchev–Trinajstić information content (AvgIpc) is 3.56. The molecule has 11 heteroatoms. The molecule has 0 bridgehead atoms. The van der Waals surface area contributed by atoms with Crippen LogP contribution in [0.4, 0.5) is 28.6 Å². The fourth-order valence-electron chi connectivity index (χ4n) is 5.30. The summed E-state index contributed by atoms with van der Waals surface area (Å²) in [6.45, 7) is 8.74. The highest BCUT2D eigenvalue weighted by molar-refractivity contribution is 6.02. The lowest BCUT2D eigenvalue weighted by Crippen LogP contribution is -2.50. The van der Waals surface area contributed by atoms with Gasteiger partial charge in [-0.3, -0.25) is 9.69 Å². The van der Waals surface area contributed by atoms with E-state index in [4.69, 9.17) is 14.9 Å². The number of nitrogens with one attached hydrogen (secondary N) is 4. The Hall–Kier alpha value is -4.48. The Morgan fingerprint density at radius 3 is 2.63 bits per heavy atom. The molecule has 0 spiro atoms. The summed E-state index contributed by atoms with van der Waals surface area (Å²) >= 11 is 0. The number of methoxy groups -OCH3 is 1. The van der Waals surface area contributed by atoms with Gasteiger partial charge >= 0.3 is 0 Å². The third-order valence-corrected chi connectivity index (χ3v) is 7.54. The summed E-state index contributed by atoms with van der Waals surface area (Å²) in [6, 6.07) is 11.9. The number of hydrogen-bond acceptors (Lipinski definition) is 10. The maximum atomic E-state index is 12.4. The van der Waals surface area contributed by atoms with E-state index in [9.17, 15) is 4.79 Å². The van der Waals surface area contributed by atoms with E-state index < -0.39 is 0 Å². The van der Waals surface area contributed by atoms with Gasteiger partial charge in [-0.05, 0) is 24.6 Å². The van der Waals surface area contributed by atoms with Crippen LogP contribution in [0.2, 0.25) is 0 Å². The highest BCUT2D eigenvalue weighted by Gasteiger charge is 2.28. The van der Waals surface area contributed by atoms with Crippen molar-refractivity contribution in [2.45, 2.75) is 12.5 Å². The van der Waals surface area contributed by atoms with E-state index in [1.165, 1.54) is 18.6 Å². The Morgan fingerprint density at radius 2 is 1.95 bits per heavy atom. The molecule has 1 unspecified atom stereocenters. The Labute approximate surface area is 240 Å². The van der Waals surface area contributed by atoms with Gasteiger partial charge in [0.25, 0.3) is 0 Å². The number of hydrogen-bond donors (Lipinski definition) is 4. The molecule has 2 aromatic carbocycles. The monoisotopic (exact) mass is 556 g/mol. The van der Waals surface area contributed by atoms with Gasteiger partial charge in [0.05, 0.1) is 36.5 Å². The van der Waals surface area contributed by atoms with Crippen LogP contribution < -0.4 is 25.6 Å². The first kappa shape index (κ1) is 28.1. The Kier molecular flexibility index (Phi) is 8.76. The number of rotatable bonds is 10. The second-order valence-electron chi connectivity index (χ2n) is 9.91. The van der Waals surface area contributed by atoms with E-state index in [0.717, 1.165) is 74.0 Å². The molecular formula is C30H36N8O3.